The van der Waals surface area contributed by atoms with Crippen molar-refractivity contribution in [3.05, 3.63) is 16.5 Å². The van der Waals surface area contributed by atoms with Crippen molar-refractivity contribution in [3.63, 3.8) is 0 Å². The first kappa shape index (κ1) is 17.2. The maximum Gasteiger partial charge on any atom is 0.289 e. The van der Waals surface area contributed by atoms with Crippen LogP contribution < -0.4 is 5.14 Å². The van der Waals surface area contributed by atoms with Crippen LogP contribution in [-0.4, -0.2) is 32.3 Å². The van der Waals surface area contributed by atoms with Crippen LogP contribution in [0, 0.1) is 5.92 Å². The number of nitrogens with two attached hydrogens (primary N) is 1. The van der Waals surface area contributed by atoms with Crippen LogP contribution in [0.25, 0.3) is 0 Å². The number of primary sulfonamides is 1. The Morgan fingerprint density at radius 2 is 2.10 bits per heavy atom. The van der Waals surface area contributed by atoms with Gasteiger partial charge >= 0.3 is 0 Å². The van der Waals surface area contributed by atoms with E-state index in [0.717, 1.165) is 12.5 Å². The summed E-state index contributed by atoms with van der Waals surface area (Å²) in [6.07, 6.45) is 0.952. The van der Waals surface area contributed by atoms with Crippen molar-refractivity contribution in [2.75, 3.05) is 13.1 Å². The zero-order chi connectivity index (χ0) is 15.5. The fourth-order valence-electron chi connectivity index (χ4n) is 1.67. The third-order valence-corrected chi connectivity index (χ3v) is 4.84. The Balaban J connectivity index is 3.02. The van der Waals surface area contributed by atoms with E-state index in [1.165, 1.54) is 0 Å². The number of halogens is 1. The van der Waals surface area contributed by atoms with Gasteiger partial charge in [-0.05, 0) is 28.8 Å². The number of rotatable bonds is 6. The quantitative estimate of drug-likeness (QED) is 0.834. The normalized spacial score (nSPS) is 13.2. The predicted molar refractivity (Wildman–Crippen MR) is 78.8 cm³/mol. The summed E-state index contributed by atoms with van der Waals surface area (Å²) in [7, 11) is -3.92. The van der Waals surface area contributed by atoms with Gasteiger partial charge in [-0.1, -0.05) is 20.3 Å². The lowest BCUT2D eigenvalue weighted by molar-refractivity contribution is 0.0707. The molecule has 0 aliphatic carbocycles. The second-order valence-electron chi connectivity index (χ2n) is 4.65. The number of amides is 1. The SMILES string of the molecule is CCC(C)CN(CC)C(=O)c1cc(S(N)(=O)=O)c(Br)o1. The Labute approximate surface area is 127 Å². The maximum absolute atomic E-state index is 12.3. The molecule has 6 nitrogen and oxygen atoms in total. The third kappa shape index (κ3) is 4.07. The van der Waals surface area contributed by atoms with E-state index in [1.54, 1.807) is 4.90 Å². The summed E-state index contributed by atoms with van der Waals surface area (Å²) in [5.74, 6) is -0.0236. The van der Waals surface area contributed by atoms with Gasteiger partial charge in [0.05, 0.1) is 0 Å². The molecule has 1 rings (SSSR count). The molecule has 0 bridgehead atoms. The van der Waals surface area contributed by atoms with Crippen molar-refractivity contribution in [1.29, 1.82) is 0 Å². The Morgan fingerprint density at radius 1 is 1.50 bits per heavy atom. The van der Waals surface area contributed by atoms with E-state index in [2.05, 4.69) is 15.9 Å². The van der Waals surface area contributed by atoms with Gasteiger partial charge in [0.25, 0.3) is 5.91 Å². The van der Waals surface area contributed by atoms with Gasteiger partial charge in [0, 0.05) is 19.2 Å². The second kappa shape index (κ2) is 6.73. The van der Waals surface area contributed by atoms with Gasteiger partial charge in [0.15, 0.2) is 10.4 Å². The minimum absolute atomic E-state index is 0.0361. The third-order valence-electron chi connectivity index (χ3n) is 3.07. The maximum atomic E-state index is 12.3. The highest BCUT2D eigenvalue weighted by Crippen LogP contribution is 2.26. The zero-order valence-corrected chi connectivity index (χ0v) is 14.1. The molecular formula is C12H19BrN2O4S. The van der Waals surface area contributed by atoms with Gasteiger partial charge in [-0.2, -0.15) is 0 Å². The lowest BCUT2D eigenvalue weighted by Crippen LogP contribution is -2.34. The number of nitrogens with zero attached hydrogens (tertiary/aromatic N) is 1. The van der Waals surface area contributed by atoms with Crippen LogP contribution in [-0.2, 0) is 10.0 Å². The molecule has 1 unspecified atom stereocenters. The van der Waals surface area contributed by atoms with Crippen molar-refractivity contribution >= 4 is 31.9 Å². The monoisotopic (exact) mass is 366 g/mol. The summed E-state index contributed by atoms with van der Waals surface area (Å²) in [5.41, 5.74) is 0. The van der Waals surface area contributed by atoms with E-state index in [4.69, 9.17) is 9.56 Å². The summed E-state index contributed by atoms with van der Waals surface area (Å²) in [4.78, 5) is 13.7. The van der Waals surface area contributed by atoms with Gasteiger partial charge in [-0.3, -0.25) is 4.79 Å². The molecule has 20 heavy (non-hydrogen) atoms. The van der Waals surface area contributed by atoms with Gasteiger partial charge in [-0.25, -0.2) is 13.6 Å². The first-order valence-electron chi connectivity index (χ1n) is 6.32. The Hall–Kier alpha value is -0.860. The molecule has 2 N–H and O–H groups in total. The minimum Gasteiger partial charge on any atom is -0.443 e. The van der Waals surface area contributed by atoms with Crippen LogP contribution in [0.4, 0.5) is 0 Å². The smallest absolute Gasteiger partial charge is 0.289 e. The first-order valence-corrected chi connectivity index (χ1v) is 8.66. The molecular weight excluding hydrogens is 348 g/mol. The largest absolute Gasteiger partial charge is 0.443 e. The van der Waals surface area contributed by atoms with E-state index >= 15 is 0 Å². The lowest BCUT2D eigenvalue weighted by Gasteiger charge is -2.22. The second-order valence-corrected chi connectivity index (χ2v) is 6.90. The molecule has 1 heterocycles. The number of hydrogen-bond acceptors (Lipinski definition) is 4. The summed E-state index contributed by atoms with van der Waals surface area (Å²) in [6.45, 7) is 7.06. The number of furan rings is 1. The van der Waals surface area contributed by atoms with E-state index in [-0.39, 0.29) is 21.2 Å². The fraction of sp³-hybridized carbons (Fsp3) is 0.583. The van der Waals surface area contributed by atoms with Gasteiger partial charge < -0.3 is 9.32 Å². The molecule has 114 valence electrons. The Bertz CT molecular complexity index is 582. The minimum atomic E-state index is -3.92. The molecule has 0 saturated heterocycles. The molecule has 0 saturated carbocycles. The lowest BCUT2D eigenvalue weighted by atomic mass is 10.1. The highest BCUT2D eigenvalue weighted by molar-refractivity contribution is 9.10. The van der Waals surface area contributed by atoms with Crippen LogP contribution in [0.15, 0.2) is 20.0 Å². The molecule has 0 radical (unpaired) electrons. The number of sulfonamides is 1. The standard InChI is InChI=1S/C12H19BrN2O4S/c1-4-8(3)7-15(5-2)12(16)9-6-10(11(13)19-9)20(14,17)18/h6,8H,4-5,7H2,1-3H3,(H2,14,17,18). The van der Waals surface area contributed by atoms with Crippen molar-refractivity contribution < 1.29 is 17.6 Å². The van der Waals surface area contributed by atoms with E-state index in [1.807, 2.05) is 20.8 Å². The molecule has 0 aliphatic rings. The molecule has 0 spiro atoms. The van der Waals surface area contributed by atoms with Crippen LogP contribution in [0.2, 0.25) is 0 Å². The Kier molecular flexibility index (Phi) is 5.79. The number of carbonyl (C=O) groups is 1. The van der Waals surface area contributed by atoms with Crippen molar-refractivity contribution in [3.8, 4) is 0 Å². The van der Waals surface area contributed by atoms with E-state index in [9.17, 15) is 13.2 Å². The Morgan fingerprint density at radius 3 is 2.50 bits per heavy atom. The summed E-state index contributed by atoms with van der Waals surface area (Å²) >= 11 is 2.96. The van der Waals surface area contributed by atoms with Crippen LogP contribution in [0.3, 0.4) is 0 Å². The highest BCUT2D eigenvalue weighted by atomic mass is 79.9. The van der Waals surface area contributed by atoms with Crippen LogP contribution >= 0.6 is 15.9 Å². The molecule has 1 atom stereocenters. The summed E-state index contributed by atoms with van der Waals surface area (Å²) in [5, 5.41) is 5.04. The fourth-order valence-corrected chi connectivity index (χ4v) is 3.17. The molecule has 0 aromatic carbocycles. The molecule has 1 aromatic heterocycles. The molecule has 1 aromatic rings. The van der Waals surface area contributed by atoms with E-state index < -0.39 is 10.0 Å². The van der Waals surface area contributed by atoms with Gasteiger partial charge in [0.2, 0.25) is 10.0 Å². The van der Waals surface area contributed by atoms with Crippen molar-refractivity contribution in [2.45, 2.75) is 32.1 Å². The highest BCUT2D eigenvalue weighted by Gasteiger charge is 2.25. The number of hydrogen-bond donors (Lipinski definition) is 1. The van der Waals surface area contributed by atoms with Crippen molar-refractivity contribution in [1.82, 2.24) is 4.90 Å². The predicted octanol–water partition coefficient (Wildman–Crippen LogP) is 2.20. The van der Waals surface area contributed by atoms with Crippen LogP contribution in [0.1, 0.15) is 37.7 Å². The van der Waals surface area contributed by atoms with Crippen molar-refractivity contribution in [2.24, 2.45) is 11.1 Å². The molecule has 0 aliphatic heterocycles. The summed E-state index contributed by atoms with van der Waals surface area (Å²) in [6, 6.07) is 1.15. The van der Waals surface area contributed by atoms with Crippen LogP contribution in [0.5, 0.6) is 0 Å². The molecule has 8 heteroatoms. The zero-order valence-electron chi connectivity index (χ0n) is 11.7. The molecule has 0 fully saturated rings. The first-order chi connectivity index (χ1) is 9.20. The number of carbonyl (C=O) groups excluding carboxylic acids is 1. The topological polar surface area (TPSA) is 93.6 Å². The average Bonchev–Trinajstić information content (AvgIpc) is 2.76. The van der Waals surface area contributed by atoms with E-state index in [0.29, 0.717) is 19.0 Å². The average molecular weight is 367 g/mol. The summed E-state index contributed by atoms with van der Waals surface area (Å²) < 4.78 is 27.7. The molecule has 1 amide bonds. The van der Waals surface area contributed by atoms with Gasteiger partial charge in [-0.15, -0.1) is 0 Å². The van der Waals surface area contributed by atoms with Gasteiger partial charge in [0.1, 0.15) is 4.90 Å².